The topological polar surface area (TPSA) is 70.8 Å². The number of nitrogens with two attached hydrogens (primary N) is 1. The lowest BCUT2D eigenvalue weighted by molar-refractivity contribution is 0.327. The van der Waals surface area contributed by atoms with Crippen LogP contribution in [-0.4, -0.2) is 28.3 Å². The van der Waals surface area contributed by atoms with Gasteiger partial charge in [0.2, 0.25) is 11.9 Å². The van der Waals surface area contributed by atoms with E-state index in [1.165, 1.54) is 0 Å². The van der Waals surface area contributed by atoms with Crippen LogP contribution < -0.4 is 10.6 Å². The SMILES string of the molecule is CC(N(C)c1n[nH]c(N)n1)C(C)(C)C. The summed E-state index contributed by atoms with van der Waals surface area (Å²) >= 11 is 0. The van der Waals surface area contributed by atoms with Crippen molar-refractivity contribution in [2.24, 2.45) is 5.41 Å². The predicted molar refractivity (Wildman–Crippen MR) is 58.1 cm³/mol. The second-order valence-corrected chi connectivity index (χ2v) is 4.67. The normalized spacial score (nSPS) is 14.1. The molecule has 1 aromatic rings. The van der Waals surface area contributed by atoms with Crippen molar-refractivity contribution in [2.45, 2.75) is 33.7 Å². The zero-order valence-corrected chi connectivity index (χ0v) is 9.50. The lowest BCUT2D eigenvalue weighted by atomic mass is 9.87. The van der Waals surface area contributed by atoms with E-state index in [1.54, 1.807) is 0 Å². The molecular formula is C9H19N5. The zero-order valence-electron chi connectivity index (χ0n) is 9.50. The van der Waals surface area contributed by atoms with E-state index in [-0.39, 0.29) is 5.41 Å². The van der Waals surface area contributed by atoms with Gasteiger partial charge < -0.3 is 10.6 Å². The predicted octanol–water partition coefficient (Wildman–Crippen LogP) is 1.26. The van der Waals surface area contributed by atoms with Crippen molar-refractivity contribution >= 4 is 11.9 Å². The van der Waals surface area contributed by atoms with Gasteiger partial charge >= 0.3 is 0 Å². The summed E-state index contributed by atoms with van der Waals surface area (Å²) in [4.78, 5) is 6.10. The van der Waals surface area contributed by atoms with Gasteiger partial charge in [0, 0.05) is 13.1 Å². The van der Waals surface area contributed by atoms with Gasteiger partial charge in [-0.25, -0.2) is 5.10 Å². The molecule has 0 radical (unpaired) electrons. The van der Waals surface area contributed by atoms with Gasteiger partial charge in [0.25, 0.3) is 0 Å². The van der Waals surface area contributed by atoms with Gasteiger partial charge in [-0.15, -0.1) is 5.10 Å². The number of anilines is 2. The van der Waals surface area contributed by atoms with Gasteiger partial charge in [0.1, 0.15) is 0 Å². The van der Waals surface area contributed by atoms with E-state index in [0.717, 1.165) is 0 Å². The zero-order chi connectivity index (χ0) is 10.9. The van der Waals surface area contributed by atoms with E-state index < -0.39 is 0 Å². The van der Waals surface area contributed by atoms with E-state index in [0.29, 0.717) is 17.9 Å². The number of rotatable bonds is 2. The first kappa shape index (κ1) is 10.8. The number of nitrogen functional groups attached to an aromatic ring is 1. The summed E-state index contributed by atoms with van der Waals surface area (Å²) in [6, 6.07) is 0.345. The summed E-state index contributed by atoms with van der Waals surface area (Å²) in [6.07, 6.45) is 0. The first-order valence-corrected chi connectivity index (χ1v) is 4.73. The Hall–Kier alpha value is -1.26. The number of nitrogens with one attached hydrogen (secondary N) is 1. The minimum absolute atomic E-state index is 0.185. The molecule has 1 unspecified atom stereocenters. The van der Waals surface area contributed by atoms with Crippen molar-refractivity contribution in [1.82, 2.24) is 15.2 Å². The van der Waals surface area contributed by atoms with Crippen LogP contribution in [0.5, 0.6) is 0 Å². The summed E-state index contributed by atoms with van der Waals surface area (Å²) in [6.45, 7) is 8.70. The molecule has 80 valence electrons. The monoisotopic (exact) mass is 197 g/mol. The summed E-state index contributed by atoms with van der Waals surface area (Å²) < 4.78 is 0. The fourth-order valence-corrected chi connectivity index (χ4v) is 1.18. The smallest absolute Gasteiger partial charge is 0.246 e. The highest BCUT2D eigenvalue weighted by molar-refractivity contribution is 5.34. The third-order valence-corrected chi connectivity index (χ3v) is 2.64. The first-order valence-electron chi connectivity index (χ1n) is 4.73. The van der Waals surface area contributed by atoms with E-state index in [9.17, 15) is 0 Å². The Bertz CT molecular complexity index is 298. The number of hydrogen-bond donors (Lipinski definition) is 2. The second-order valence-electron chi connectivity index (χ2n) is 4.67. The largest absolute Gasteiger partial charge is 0.368 e. The van der Waals surface area contributed by atoms with Gasteiger partial charge in [0.15, 0.2) is 0 Å². The molecular weight excluding hydrogens is 178 g/mol. The molecule has 5 heteroatoms. The Balaban J connectivity index is 2.80. The molecule has 1 atom stereocenters. The van der Waals surface area contributed by atoms with Crippen LogP contribution in [0.25, 0.3) is 0 Å². The maximum atomic E-state index is 5.47. The fraction of sp³-hybridized carbons (Fsp3) is 0.778. The highest BCUT2D eigenvalue weighted by atomic mass is 15.4. The molecule has 14 heavy (non-hydrogen) atoms. The van der Waals surface area contributed by atoms with Gasteiger partial charge in [-0.3, -0.25) is 0 Å². The van der Waals surface area contributed by atoms with Crippen LogP contribution in [0.4, 0.5) is 11.9 Å². The van der Waals surface area contributed by atoms with Gasteiger partial charge in [0.05, 0.1) is 0 Å². The molecule has 1 aromatic heterocycles. The number of aromatic nitrogens is 3. The molecule has 0 saturated carbocycles. The van der Waals surface area contributed by atoms with Crippen LogP contribution in [0.2, 0.25) is 0 Å². The summed E-state index contributed by atoms with van der Waals surface area (Å²) in [5.74, 6) is 0.998. The number of H-pyrrole nitrogens is 1. The number of hydrogen-bond acceptors (Lipinski definition) is 4. The lowest BCUT2D eigenvalue weighted by Gasteiger charge is -2.34. The van der Waals surface area contributed by atoms with Gasteiger partial charge in [-0.05, 0) is 12.3 Å². The van der Waals surface area contributed by atoms with Crippen molar-refractivity contribution in [3.8, 4) is 0 Å². The highest BCUT2D eigenvalue weighted by Crippen LogP contribution is 2.25. The van der Waals surface area contributed by atoms with Crippen LogP contribution in [0.1, 0.15) is 27.7 Å². The highest BCUT2D eigenvalue weighted by Gasteiger charge is 2.25. The summed E-state index contributed by atoms with van der Waals surface area (Å²) in [5, 5.41) is 6.65. The molecule has 0 aliphatic rings. The maximum absolute atomic E-state index is 5.47. The van der Waals surface area contributed by atoms with E-state index >= 15 is 0 Å². The molecule has 0 aromatic carbocycles. The Morgan fingerprint density at radius 3 is 2.36 bits per heavy atom. The third-order valence-electron chi connectivity index (χ3n) is 2.64. The van der Waals surface area contributed by atoms with Crippen molar-refractivity contribution in [2.75, 3.05) is 17.7 Å². The van der Waals surface area contributed by atoms with Crippen molar-refractivity contribution in [1.29, 1.82) is 0 Å². The van der Waals surface area contributed by atoms with E-state index in [2.05, 4.69) is 42.9 Å². The molecule has 0 bridgehead atoms. The molecule has 0 aliphatic carbocycles. The maximum Gasteiger partial charge on any atom is 0.246 e. The van der Waals surface area contributed by atoms with Crippen molar-refractivity contribution in [3.05, 3.63) is 0 Å². The van der Waals surface area contributed by atoms with Crippen LogP contribution in [0.3, 0.4) is 0 Å². The average molecular weight is 197 g/mol. The second kappa shape index (κ2) is 3.48. The Kier molecular flexibility index (Phi) is 2.69. The third kappa shape index (κ3) is 2.16. The van der Waals surface area contributed by atoms with Crippen LogP contribution in [0.15, 0.2) is 0 Å². The molecule has 3 N–H and O–H groups in total. The van der Waals surface area contributed by atoms with Crippen LogP contribution in [-0.2, 0) is 0 Å². The molecule has 0 fully saturated rings. The van der Waals surface area contributed by atoms with Gasteiger partial charge in [-0.1, -0.05) is 20.8 Å². The molecule has 1 heterocycles. The van der Waals surface area contributed by atoms with E-state index in [1.807, 2.05) is 11.9 Å². The van der Waals surface area contributed by atoms with E-state index in [4.69, 9.17) is 5.73 Å². The Morgan fingerprint density at radius 1 is 1.43 bits per heavy atom. The number of nitrogens with zero attached hydrogens (tertiary/aromatic N) is 3. The minimum Gasteiger partial charge on any atom is -0.368 e. The number of aromatic amines is 1. The Morgan fingerprint density at radius 2 is 2.00 bits per heavy atom. The molecule has 0 spiro atoms. The Labute approximate surface area is 84.7 Å². The molecule has 1 rings (SSSR count). The quantitative estimate of drug-likeness (QED) is 0.748. The minimum atomic E-state index is 0.185. The molecule has 0 aliphatic heterocycles. The fourth-order valence-electron chi connectivity index (χ4n) is 1.18. The van der Waals surface area contributed by atoms with Crippen molar-refractivity contribution in [3.63, 3.8) is 0 Å². The molecule has 0 saturated heterocycles. The summed E-state index contributed by atoms with van der Waals surface area (Å²) in [7, 11) is 1.97. The first-order chi connectivity index (χ1) is 6.32. The lowest BCUT2D eigenvalue weighted by Crippen LogP contribution is -2.39. The van der Waals surface area contributed by atoms with Crippen molar-refractivity contribution < 1.29 is 0 Å². The molecule has 5 nitrogen and oxygen atoms in total. The standard InChI is InChI=1S/C9H19N5/c1-6(9(2,3)4)14(5)8-11-7(10)12-13-8/h6H,1-5H3,(H3,10,11,12,13). The van der Waals surface area contributed by atoms with Crippen LogP contribution in [0, 0.1) is 5.41 Å². The molecule has 0 amide bonds. The van der Waals surface area contributed by atoms with Crippen LogP contribution >= 0.6 is 0 Å². The van der Waals surface area contributed by atoms with Gasteiger partial charge in [-0.2, -0.15) is 4.98 Å². The summed E-state index contributed by atoms with van der Waals surface area (Å²) in [5.41, 5.74) is 5.65. The average Bonchev–Trinajstić information content (AvgIpc) is 2.47.